The molecule has 1 heterocycles. The third-order valence-corrected chi connectivity index (χ3v) is 2.52. The van der Waals surface area contributed by atoms with Crippen molar-refractivity contribution in [1.29, 1.82) is 0 Å². The molecule has 0 aliphatic heterocycles. The van der Waals surface area contributed by atoms with E-state index in [1.165, 1.54) is 0 Å². The molecule has 0 unspecified atom stereocenters. The van der Waals surface area contributed by atoms with Crippen molar-refractivity contribution in [3.8, 4) is 0 Å². The van der Waals surface area contributed by atoms with Gasteiger partial charge in [0.05, 0.1) is 5.56 Å². The van der Waals surface area contributed by atoms with E-state index in [2.05, 4.69) is 20.6 Å². The summed E-state index contributed by atoms with van der Waals surface area (Å²) in [5, 5.41) is 5.90. The Bertz CT molecular complexity index is 534. The van der Waals surface area contributed by atoms with Crippen LogP contribution in [0.4, 0.5) is 11.6 Å². The Hall–Kier alpha value is -2.30. The third-order valence-electron chi connectivity index (χ3n) is 2.52. The number of hydrogen-bond acceptors (Lipinski definition) is 3. The van der Waals surface area contributed by atoms with Crippen LogP contribution in [0.5, 0.6) is 0 Å². The van der Waals surface area contributed by atoms with Gasteiger partial charge >= 0.3 is 0 Å². The first-order valence-electron chi connectivity index (χ1n) is 5.86. The number of aromatic amines is 1. The summed E-state index contributed by atoms with van der Waals surface area (Å²) in [6.07, 6.45) is 3.26. The van der Waals surface area contributed by atoms with Crippen molar-refractivity contribution in [2.24, 2.45) is 0 Å². The van der Waals surface area contributed by atoms with Crippen molar-refractivity contribution in [3.05, 3.63) is 41.7 Å². The molecule has 0 spiro atoms. The highest BCUT2D eigenvalue weighted by atomic mass is 16.1. The van der Waals surface area contributed by atoms with Crippen LogP contribution in [0.3, 0.4) is 0 Å². The molecule has 2 rings (SSSR count). The first kappa shape index (κ1) is 12.2. The standard InChI is InChI=1S/C13H16N4O/c1-3-14-11-8-9(2)4-5-10(11)12(18)17-13-15-6-7-16-13/h4-8,14H,3H2,1-2H3,(H2,15,16,17,18). The monoisotopic (exact) mass is 244 g/mol. The molecule has 0 radical (unpaired) electrons. The van der Waals surface area contributed by atoms with Gasteiger partial charge in [-0.15, -0.1) is 0 Å². The molecule has 5 nitrogen and oxygen atoms in total. The van der Waals surface area contributed by atoms with Gasteiger partial charge in [-0.3, -0.25) is 10.1 Å². The minimum Gasteiger partial charge on any atom is -0.385 e. The Kier molecular flexibility index (Phi) is 3.62. The Labute approximate surface area is 106 Å². The molecule has 0 saturated carbocycles. The van der Waals surface area contributed by atoms with Gasteiger partial charge in [-0.1, -0.05) is 6.07 Å². The third kappa shape index (κ3) is 2.68. The summed E-state index contributed by atoms with van der Waals surface area (Å²) in [5.74, 6) is 0.268. The fourth-order valence-electron chi connectivity index (χ4n) is 1.70. The molecule has 0 aliphatic carbocycles. The van der Waals surface area contributed by atoms with Crippen LogP contribution < -0.4 is 10.6 Å². The van der Waals surface area contributed by atoms with Crippen LogP contribution in [0.1, 0.15) is 22.8 Å². The van der Waals surface area contributed by atoms with Crippen LogP contribution in [0.25, 0.3) is 0 Å². The first-order valence-corrected chi connectivity index (χ1v) is 5.86. The van der Waals surface area contributed by atoms with E-state index >= 15 is 0 Å². The molecule has 0 fully saturated rings. The van der Waals surface area contributed by atoms with Crippen LogP contribution >= 0.6 is 0 Å². The maximum atomic E-state index is 12.1. The van der Waals surface area contributed by atoms with Gasteiger partial charge in [0.2, 0.25) is 5.95 Å². The lowest BCUT2D eigenvalue weighted by molar-refractivity contribution is 0.102. The average molecular weight is 244 g/mol. The smallest absolute Gasteiger partial charge is 0.260 e. The summed E-state index contributed by atoms with van der Waals surface area (Å²) in [6.45, 7) is 4.76. The zero-order valence-corrected chi connectivity index (χ0v) is 10.4. The zero-order chi connectivity index (χ0) is 13.0. The minimum absolute atomic E-state index is 0.180. The van der Waals surface area contributed by atoms with Gasteiger partial charge in [-0.05, 0) is 31.5 Å². The van der Waals surface area contributed by atoms with Crippen LogP contribution in [0, 0.1) is 6.92 Å². The highest BCUT2D eigenvalue weighted by Crippen LogP contribution is 2.18. The van der Waals surface area contributed by atoms with Crippen molar-refractivity contribution in [1.82, 2.24) is 9.97 Å². The van der Waals surface area contributed by atoms with E-state index in [-0.39, 0.29) is 5.91 Å². The summed E-state index contributed by atoms with van der Waals surface area (Å²) in [4.78, 5) is 18.9. The topological polar surface area (TPSA) is 69.8 Å². The maximum absolute atomic E-state index is 12.1. The number of hydrogen-bond donors (Lipinski definition) is 3. The van der Waals surface area contributed by atoms with Gasteiger partial charge in [0.25, 0.3) is 5.91 Å². The second kappa shape index (κ2) is 5.35. The summed E-state index contributed by atoms with van der Waals surface area (Å²) < 4.78 is 0. The Morgan fingerprint density at radius 1 is 1.44 bits per heavy atom. The molecule has 0 atom stereocenters. The number of nitrogens with one attached hydrogen (secondary N) is 3. The lowest BCUT2D eigenvalue weighted by Crippen LogP contribution is -2.15. The molecule has 18 heavy (non-hydrogen) atoms. The highest BCUT2D eigenvalue weighted by molar-refractivity contribution is 6.07. The van der Waals surface area contributed by atoms with Gasteiger partial charge in [0.15, 0.2) is 0 Å². The normalized spacial score (nSPS) is 10.1. The Balaban J connectivity index is 2.23. The highest BCUT2D eigenvalue weighted by Gasteiger charge is 2.12. The first-order chi connectivity index (χ1) is 8.70. The Morgan fingerprint density at radius 2 is 2.28 bits per heavy atom. The lowest BCUT2D eigenvalue weighted by Gasteiger charge is -2.11. The van der Waals surface area contributed by atoms with Crippen LogP contribution in [-0.4, -0.2) is 22.4 Å². The van der Waals surface area contributed by atoms with Gasteiger partial charge in [0, 0.05) is 24.6 Å². The van der Waals surface area contributed by atoms with E-state index in [1.807, 2.05) is 32.0 Å². The van der Waals surface area contributed by atoms with Gasteiger partial charge in [-0.2, -0.15) is 0 Å². The van der Waals surface area contributed by atoms with Gasteiger partial charge in [0.1, 0.15) is 0 Å². The number of rotatable bonds is 4. The van der Waals surface area contributed by atoms with Crippen molar-refractivity contribution in [3.63, 3.8) is 0 Å². The molecule has 94 valence electrons. The summed E-state index contributed by atoms with van der Waals surface area (Å²) in [5.41, 5.74) is 2.56. The molecule has 0 aliphatic rings. The number of anilines is 2. The van der Waals surface area contributed by atoms with Crippen LogP contribution in [-0.2, 0) is 0 Å². The molecular formula is C13H16N4O. The summed E-state index contributed by atoms with van der Waals surface area (Å²) in [7, 11) is 0. The Morgan fingerprint density at radius 3 is 2.94 bits per heavy atom. The maximum Gasteiger partial charge on any atom is 0.260 e. The zero-order valence-electron chi connectivity index (χ0n) is 10.4. The van der Waals surface area contributed by atoms with Gasteiger partial charge < -0.3 is 10.3 Å². The number of amides is 1. The number of carbonyl (C=O) groups excluding carboxylic acids is 1. The van der Waals surface area contributed by atoms with Gasteiger partial charge in [-0.25, -0.2) is 4.98 Å². The molecule has 2 aromatic rings. The molecule has 5 heteroatoms. The largest absolute Gasteiger partial charge is 0.385 e. The number of imidazole rings is 1. The molecule has 0 bridgehead atoms. The van der Waals surface area contributed by atoms with E-state index in [0.717, 1.165) is 17.8 Å². The second-order valence-electron chi connectivity index (χ2n) is 3.97. The van der Waals surface area contributed by atoms with Crippen LogP contribution in [0.15, 0.2) is 30.6 Å². The van der Waals surface area contributed by atoms with Crippen molar-refractivity contribution >= 4 is 17.5 Å². The number of aromatic nitrogens is 2. The predicted molar refractivity (Wildman–Crippen MR) is 71.9 cm³/mol. The minimum atomic E-state index is -0.180. The fraction of sp³-hybridized carbons (Fsp3) is 0.231. The predicted octanol–water partition coefficient (Wildman–Crippen LogP) is 2.40. The van der Waals surface area contributed by atoms with E-state index in [4.69, 9.17) is 0 Å². The number of H-pyrrole nitrogens is 1. The number of carbonyl (C=O) groups is 1. The summed E-state index contributed by atoms with van der Waals surface area (Å²) in [6, 6.07) is 5.68. The fourth-order valence-corrected chi connectivity index (χ4v) is 1.70. The van der Waals surface area contributed by atoms with Crippen molar-refractivity contribution in [2.45, 2.75) is 13.8 Å². The number of nitrogens with zero attached hydrogens (tertiary/aromatic N) is 1. The average Bonchev–Trinajstić information content (AvgIpc) is 2.82. The quantitative estimate of drug-likeness (QED) is 0.773. The van der Waals surface area contributed by atoms with E-state index < -0.39 is 0 Å². The number of benzene rings is 1. The molecule has 1 aromatic carbocycles. The second-order valence-corrected chi connectivity index (χ2v) is 3.97. The number of aryl methyl sites for hydroxylation is 1. The van der Waals surface area contributed by atoms with E-state index in [0.29, 0.717) is 11.5 Å². The molecule has 1 aromatic heterocycles. The summed E-state index contributed by atoms with van der Waals surface area (Å²) >= 11 is 0. The lowest BCUT2D eigenvalue weighted by atomic mass is 10.1. The molecular weight excluding hydrogens is 228 g/mol. The molecule has 0 saturated heterocycles. The molecule has 3 N–H and O–H groups in total. The molecule has 1 amide bonds. The van der Waals surface area contributed by atoms with E-state index in [9.17, 15) is 4.79 Å². The van der Waals surface area contributed by atoms with Crippen molar-refractivity contribution < 1.29 is 4.79 Å². The van der Waals surface area contributed by atoms with E-state index in [1.54, 1.807) is 12.4 Å². The van der Waals surface area contributed by atoms with Crippen LogP contribution in [0.2, 0.25) is 0 Å². The van der Waals surface area contributed by atoms with Crippen molar-refractivity contribution in [2.75, 3.05) is 17.2 Å². The SMILES string of the molecule is CCNc1cc(C)ccc1C(=O)Nc1ncc[nH]1.